The third-order valence-electron chi connectivity index (χ3n) is 0.292. The highest BCUT2D eigenvalue weighted by Gasteiger charge is 1.66. The summed E-state index contributed by atoms with van der Waals surface area (Å²) in [6, 6.07) is 1.78. The van der Waals surface area contributed by atoms with Crippen molar-refractivity contribution in [1.82, 2.24) is 0 Å². The molecule has 0 aromatic rings. The molecule has 0 aromatic heterocycles. The maximum Gasteiger partial charge on any atom is 0.0929 e. The molecule has 0 radical (unpaired) electrons. The fourth-order valence-electron chi connectivity index (χ4n) is 0.102. The van der Waals surface area contributed by atoms with E-state index in [0.29, 0.717) is 5.70 Å². The molecule has 0 saturated heterocycles. The lowest BCUT2D eigenvalue weighted by molar-refractivity contribution is 1.31. The molecule has 7 heavy (non-hydrogen) atoms. The van der Waals surface area contributed by atoms with Crippen molar-refractivity contribution in [1.29, 1.82) is 5.26 Å². The quantitative estimate of drug-likeness (QED) is 0.478. The molecule has 0 spiro atoms. The molecule has 0 aliphatic carbocycles. The van der Waals surface area contributed by atoms with Gasteiger partial charge >= 0.3 is 0 Å². The third kappa shape index (κ3) is 10.9. The zero-order valence-corrected chi connectivity index (χ0v) is 4.83. The minimum absolute atomic E-state index is 0. The van der Waals surface area contributed by atoms with Crippen LogP contribution in [0.15, 0.2) is 11.8 Å². The molecule has 40 valence electrons. The second-order valence-electron chi connectivity index (χ2n) is 1.02. The van der Waals surface area contributed by atoms with Crippen molar-refractivity contribution in [3.8, 4) is 6.07 Å². The second kappa shape index (κ2) is 5.32. The first-order chi connectivity index (χ1) is 2.77. The van der Waals surface area contributed by atoms with Gasteiger partial charge in [0.15, 0.2) is 0 Å². The predicted molar refractivity (Wildman–Crippen MR) is 30.8 cm³/mol. The molecule has 0 atom stereocenters. The summed E-state index contributed by atoms with van der Waals surface area (Å²) in [6.45, 7) is 1.67. The molecule has 2 N–H and O–H groups in total. The average Bonchev–Trinajstić information content (AvgIpc) is 1.35. The third-order valence-corrected chi connectivity index (χ3v) is 0.292. The number of nitrogens with zero attached hydrogens (tertiary/aromatic N) is 1. The summed E-state index contributed by atoms with van der Waals surface area (Å²) < 4.78 is 0. The Balaban J connectivity index is 0. The highest BCUT2D eigenvalue weighted by molar-refractivity contribution is 5.85. The number of nitriles is 1. The Bertz CT molecular complexity index is 96.7. The lowest BCUT2D eigenvalue weighted by Crippen LogP contribution is -1.87. The molecule has 2 nitrogen and oxygen atoms in total. The zero-order chi connectivity index (χ0) is 4.99. The number of hydrogen-bond acceptors (Lipinski definition) is 2. The van der Waals surface area contributed by atoms with Crippen LogP contribution in [0.1, 0.15) is 6.92 Å². The summed E-state index contributed by atoms with van der Waals surface area (Å²) in [7, 11) is 0. The van der Waals surface area contributed by atoms with E-state index in [0.717, 1.165) is 0 Å². The van der Waals surface area contributed by atoms with Crippen LogP contribution in [0.25, 0.3) is 0 Å². The van der Waals surface area contributed by atoms with Crippen LogP contribution < -0.4 is 5.73 Å². The lowest BCUT2D eigenvalue weighted by Gasteiger charge is -1.74. The first-order valence-corrected chi connectivity index (χ1v) is 1.59. The Labute approximate surface area is 49.0 Å². The van der Waals surface area contributed by atoms with Crippen molar-refractivity contribution in [2.45, 2.75) is 6.92 Å². The number of nitrogens with two attached hydrogens (primary N) is 1. The molecule has 0 fully saturated rings. The van der Waals surface area contributed by atoms with Gasteiger partial charge in [0.05, 0.1) is 6.07 Å². The van der Waals surface area contributed by atoms with Gasteiger partial charge in [0, 0.05) is 11.8 Å². The van der Waals surface area contributed by atoms with E-state index < -0.39 is 0 Å². The van der Waals surface area contributed by atoms with Crippen molar-refractivity contribution >= 4 is 12.4 Å². The Morgan fingerprint density at radius 1 is 1.86 bits per heavy atom. The summed E-state index contributed by atoms with van der Waals surface area (Å²) in [6.07, 6.45) is 1.29. The molecular formula is C4H7ClN2. The molecule has 0 bridgehead atoms. The van der Waals surface area contributed by atoms with Crippen molar-refractivity contribution in [2.75, 3.05) is 0 Å². The van der Waals surface area contributed by atoms with Gasteiger partial charge in [0.25, 0.3) is 0 Å². The molecule has 0 heterocycles. The highest BCUT2D eigenvalue weighted by atomic mass is 35.5. The van der Waals surface area contributed by atoms with Gasteiger partial charge in [-0.3, -0.25) is 0 Å². The van der Waals surface area contributed by atoms with Gasteiger partial charge in [0.1, 0.15) is 0 Å². The van der Waals surface area contributed by atoms with E-state index in [1.165, 1.54) is 6.08 Å². The van der Waals surface area contributed by atoms with Crippen LogP contribution in [0.2, 0.25) is 0 Å². The smallest absolute Gasteiger partial charge is 0.0929 e. The zero-order valence-electron chi connectivity index (χ0n) is 4.01. The molecular weight excluding hydrogens is 112 g/mol. The van der Waals surface area contributed by atoms with Gasteiger partial charge in [-0.2, -0.15) is 5.26 Å². The molecule has 3 heteroatoms. The SMILES string of the molecule is C/C(N)=C/C#N.Cl. The van der Waals surface area contributed by atoms with Crippen LogP contribution in [-0.4, -0.2) is 0 Å². The molecule has 0 rings (SSSR count). The normalized spacial score (nSPS) is 8.86. The van der Waals surface area contributed by atoms with Crippen molar-refractivity contribution in [3.63, 3.8) is 0 Å². The number of halogens is 1. The van der Waals surface area contributed by atoms with Gasteiger partial charge in [-0.25, -0.2) is 0 Å². The van der Waals surface area contributed by atoms with Crippen LogP contribution in [0.3, 0.4) is 0 Å². The van der Waals surface area contributed by atoms with E-state index >= 15 is 0 Å². The molecule has 0 amide bonds. The van der Waals surface area contributed by atoms with Gasteiger partial charge in [-0.05, 0) is 6.92 Å². The molecule has 0 unspecified atom stereocenters. The lowest BCUT2D eigenvalue weighted by atomic mass is 10.5. The average molecular weight is 119 g/mol. The molecule has 0 saturated carbocycles. The highest BCUT2D eigenvalue weighted by Crippen LogP contribution is 1.72. The second-order valence-corrected chi connectivity index (χ2v) is 1.02. The van der Waals surface area contributed by atoms with Crippen molar-refractivity contribution in [3.05, 3.63) is 11.8 Å². The topological polar surface area (TPSA) is 49.8 Å². The largest absolute Gasteiger partial charge is 0.402 e. The molecule has 0 aliphatic rings. The van der Waals surface area contributed by atoms with Crippen molar-refractivity contribution < 1.29 is 0 Å². The minimum Gasteiger partial charge on any atom is -0.402 e. The summed E-state index contributed by atoms with van der Waals surface area (Å²) in [5.41, 5.74) is 5.59. The van der Waals surface area contributed by atoms with E-state index in [1.807, 2.05) is 0 Å². The van der Waals surface area contributed by atoms with E-state index in [4.69, 9.17) is 11.0 Å². The van der Waals surface area contributed by atoms with Crippen LogP contribution in [0.5, 0.6) is 0 Å². The summed E-state index contributed by atoms with van der Waals surface area (Å²) >= 11 is 0. The van der Waals surface area contributed by atoms with Crippen LogP contribution >= 0.6 is 12.4 Å². The summed E-state index contributed by atoms with van der Waals surface area (Å²) in [4.78, 5) is 0. The number of rotatable bonds is 0. The van der Waals surface area contributed by atoms with Gasteiger partial charge in [-0.1, -0.05) is 0 Å². The fourth-order valence-corrected chi connectivity index (χ4v) is 0.102. The van der Waals surface area contributed by atoms with Gasteiger partial charge in [-0.15, -0.1) is 12.4 Å². The summed E-state index contributed by atoms with van der Waals surface area (Å²) in [5.74, 6) is 0. The molecule has 0 aromatic carbocycles. The maximum absolute atomic E-state index is 7.83. The van der Waals surface area contributed by atoms with Crippen LogP contribution in [0.4, 0.5) is 0 Å². The summed E-state index contributed by atoms with van der Waals surface area (Å²) in [5, 5.41) is 7.83. The van der Waals surface area contributed by atoms with Gasteiger partial charge < -0.3 is 5.73 Å². The maximum atomic E-state index is 7.83. The Morgan fingerprint density at radius 2 is 2.29 bits per heavy atom. The van der Waals surface area contributed by atoms with E-state index in [-0.39, 0.29) is 12.4 Å². The minimum atomic E-state index is 0. The van der Waals surface area contributed by atoms with Crippen molar-refractivity contribution in [2.24, 2.45) is 5.73 Å². The Morgan fingerprint density at radius 3 is 2.29 bits per heavy atom. The van der Waals surface area contributed by atoms with Crippen LogP contribution in [0, 0.1) is 11.3 Å². The standard InChI is InChI=1S/C4H6N2.ClH/c1-4(6)2-3-5;/h2H,6H2,1H3;1H/b4-2-;. The van der Waals surface area contributed by atoms with E-state index in [2.05, 4.69) is 0 Å². The Kier molecular flexibility index (Phi) is 7.28. The van der Waals surface area contributed by atoms with Gasteiger partial charge in [0.2, 0.25) is 0 Å². The van der Waals surface area contributed by atoms with E-state index in [9.17, 15) is 0 Å². The predicted octanol–water partition coefficient (Wildman–Crippen LogP) is 0.794. The Hall–Kier alpha value is -0.680. The van der Waals surface area contributed by atoms with Crippen LogP contribution in [-0.2, 0) is 0 Å². The number of allylic oxidation sites excluding steroid dienone is 2. The molecule has 0 aliphatic heterocycles. The monoisotopic (exact) mass is 118 g/mol. The fraction of sp³-hybridized carbons (Fsp3) is 0.250. The first-order valence-electron chi connectivity index (χ1n) is 1.59. The number of hydrogen-bond donors (Lipinski definition) is 1. The first kappa shape index (κ1) is 9.58. The van der Waals surface area contributed by atoms with E-state index in [1.54, 1.807) is 13.0 Å².